The average Bonchev–Trinajstić information content (AvgIpc) is 3.03. The van der Waals surface area contributed by atoms with Gasteiger partial charge in [0.25, 0.3) is 5.91 Å². The zero-order chi connectivity index (χ0) is 23.3. The summed E-state index contributed by atoms with van der Waals surface area (Å²) in [6, 6.07) is 13.8. The monoisotopic (exact) mass is 500 g/mol. The molecule has 1 atom stereocenters. The van der Waals surface area contributed by atoms with E-state index in [1.54, 1.807) is 18.2 Å². The standard InChI is InChI=1S/C24H25BrN2O5/c1-3-24(13-12-17-6-4-5-7-20(17)21(29)32-2)22(30)27(23(31)26-24)15-19(28)14-16-8-10-18(25)11-9-16/h4-11H,3,12-15H2,1-2H3,(H,26,31). The molecule has 1 fully saturated rings. The molecule has 1 saturated heterocycles. The number of imide groups is 1. The first-order chi connectivity index (χ1) is 15.3. The SMILES string of the molecule is CCC1(CCc2ccccc2C(=O)OC)NC(=O)N(CC(=O)Cc2ccc(Br)cc2)C1=O. The van der Waals surface area contributed by atoms with Crippen LogP contribution in [0.1, 0.15) is 41.3 Å². The zero-order valence-corrected chi connectivity index (χ0v) is 19.6. The van der Waals surface area contributed by atoms with Gasteiger partial charge in [-0.3, -0.25) is 14.5 Å². The lowest BCUT2D eigenvalue weighted by Gasteiger charge is -2.25. The van der Waals surface area contributed by atoms with Crippen LogP contribution >= 0.6 is 15.9 Å². The van der Waals surface area contributed by atoms with Crippen molar-refractivity contribution in [2.24, 2.45) is 0 Å². The van der Waals surface area contributed by atoms with E-state index in [9.17, 15) is 19.2 Å². The Balaban J connectivity index is 1.70. The van der Waals surface area contributed by atoms with Crippen molar-refractivity contribution in [3.63, 3.8) is 0 Å². The summed E-state index contributed by atoms with van der Waals surface area (Å²) in [5.41, 5.74) is 0.864. The van der Waals surface area contributed by atoms with Crippen LogP contribution in [0.2, 0.25) is 0 Å². The molecule has 3 rings (SSSR count). The molecule has 0 aromatic heterocycles. The van der Waals surface area contributed by atoms with Crippen molar-refractivity contribution in [1.29, 1.82) is 0 Å². The minimum atomic E-state index is -1.11. The molecule has 0 aliphatic carbocycles. The van der Waals surface area contributed by atoms with Crippen molar-refractivity contribution in [2.75, 3.05) is 13.7 Å². The van der Waals surface area contributed by atoms with Crippen molar-refractivity contribution in [1.82, 2.24) is 10.2 Å². The molecule has 0 radical (unpaired) electrons. The predicted molar refractivity (Wildman–Crippen MR) is 122 cm³/mol. The number of esters is 1. The number of urea groups is 1. The van der Waals surface area contributed by atoms with Crippen LogP contribution in [0.25, 0.3) is 0 Å². The lowest BCUT2D eigenvalue weighted by molar-refractivity contribution is -0.134. The Morgan fingerprint density at radius 1 is 1.09 bits per heavy atom. The third-order valence-corrected chi connectivity index (χ3v) is 6.27. The molecular weight excluding hydrogens is 476 g/mol. The number of ether oxygens (including phenoxy) is 1. The number of carbonyl (C=O) groups is 4. The number of Topliss-reactive ketones (excluding diaryl/α,β-unsaturated/α-hetero) is 1. The first-order valence-corrected chi connectivity index (χ1v) is 11.2. The number of halogens is 1. The molecule has 1 heterocycles. The van der Waals surface area contributed by atoms with Crippen LogP contribution in [0.5, 0.6) is 0 Å². The van der Waals surface area contributed by atoms with Crippen LogP contribution < -0.4 is 5.32 Å². The van der Waals surface area contributed by atoms with E-state index in [1.165, 1.54) is 7.11 Å². The second kappa shape index (κ2) is 10.1. The second-order valence-corrected chi connectivity index (χ2v) is 8.66. The highest BCUT2D eigenvalue weighted by Crippen LogP contribution is 2.28. The Morgan fingerprint density at radius 2 is 1.78 bits per heavy atom. The summed E-state index contributed by atoms with van der Waals surface area (Å²) >= 11 is 3.35. The maximum absolute atomic E-state index is 13.2. The van der Waals surface area contributed by atoms with Gasteiger partial charge in [-0.05, 0) is 48.6 Å². The lowest BCUT2D eigenvalue weighted by atomic mass is 9.87. The summed E-state index contributed by atoms with van der Waals surface area (Å²) in [4.78, 5) is 51.3. The van der Waals surface area contributed by atoms with Gasteiger partial charge < -0.3 is 10.1 Å². The molecule has 7 nitrogen and oxygen atoms in total. The summed E-state index contributed by atoms with van der Waals surface area (Å²) in [6.45, 7) is 1.54. The van der Waals surface area contributed by atoms with E-state index in [0.29, 0.717) is 24.8 Å². The van der Waals surface area contributed by atoms with Crippen LogP contribution in [0.3, 0.4) is 0 Å². The number of nitrogens with one attached hydrogen (secondary N) is 1. The zero-order valence-electron chi connectivity index (χ0n) is 18.0. The number of aryl methyl sites for hydroxylation is 1. The maximum Gasteiger partial charge on any atom is 0.338 e. The molecule has 8 heteroatoms. The van der Waals surface area contributed by atoms with Gasteiger partial charge in [0.15, 0.2) is 5.78 Å². The summed E-state index contributed by atoms with van der Waals surface area (Å²) in [5.74, 6) is -1.09. The first-order valence-electron chi connectivity index (χ1n) is 10.4. The third-order valence-electron chi connectivity index (χ3n) is 5.74. The van der Waals surface area contributed by atoms with Crippen LogP contribution in [-0.4, -0.2) is 47.8 Å². The second-order valence-electron chi connectivity index (χ2n) is 7.75. The molecular formula is C24H25BrN2O5. The summed E-state index contributed by atoms with van der Waals surface area (Å²) < 4.78 is 5.74. The third kappa shape index (κ3) is 5.07. The summed E-state index contributed by atoms with van der Waals surface area (Å²) in [6.07, 6.45) is 1.20. The van der Waals surface area contributed by atoms with Crippen molar-refractivity contribution in [3.8, 4) is 0 Å². The summed E-state index contributed by atoms with van der Waals surface area (Å²) in [5, 5.41) is 2.79. The fraction of sp³-hybridized carbons (Fsp3) is 0.333. The quantitative estimate of drug-likeness (QED) is 0.418. The number of carbonyl (C=O) groups excluding carboxylic acids is 4. The van der Waals surface area contributed by atoms with Crippen molar-refractivity contribution < 1.29 is 23.9 Å². The van der Waals surface area contributed by atoms with Crippen LogP contribution in [0.4, 0.5) is 4.79 Å². The first kappa shape index (κ1) is 23.7. The number of nitrogens with zero attached hydrogens (tertiary/aromatic N) is 1. The van der Waals surface area contributed by atoms with Gasteiger partial charge in [0.2, 0.25) is 0 Å². The molecule has 168 valence electrons. The van der Waals surface area contributed by atoms with Gasteiger partial charge in [-0.2, -0.15) is 0 Å². The van der Waals surface area contributed by atoms with E-state index in [1.807, 2.05) is 37.3 Å². The fourth-order valence-corrected chi connectivity index (χ4v) is 4.13. The van der Waals surface area contributed by atoms with Gasteiger partial charge in [-0.25, -0.2) is 9.59 Å². The Morgan fingerprint density at radius 3 is 2.44 bits per heavy atom. The average molecular weight is 501 g/mol. The van der Waals surface area contributed by atoms with E-state index >= 15 is 0 Å². The topological polar surface area (TPSA) is 92.8 Å². The molecule has 32 heavy (non-hydrogen) atoms. The maximum atomic E-state index is 13.2. The normalized spacial score (nSPS) is 17.9. The van der Waals surface area contributed by atoms with Gasteiger partial charge in [0.05, 0.1) is 19.2 Å². The highest BCUT2D eigenvalue weighted by atomic mass is 79.9. The number of benzene rings is 2. The van der Waals surface area contributed by atoms with Crippen molar-refractivity contribution in [2.45, 2.75) is 38.1 Å². The van der Waals surface area contributed by atoms with Crippen molar-refractivity contribution in [3.05, 3.63) is 69.7 Å². The Kier molecular flexibility index (Phi) is 7.45. The molecule has 1 unspecified atom stereocenters. The smallest absolute Gasteiger partial charge is 0.338 e. The fourth-order valence-electron chi connectivity index (χ4n) is 3.86. The van der Waals surface area contributed by atoms with E-state index < -0.39 is 23.4 Å². The minimum absolute atomic E-state index is 0.135. The van der Waals surface area contributed by atoms with Crippen LogP contribution in [0, 0.1) is 0 Å². The molecule has 0 bridgehead atoms. The highest BCUT2D eigenvalue weighted by molar-refractivity contribution is 9.10. The Bertz CT molecular complexity index is 1040. The number of methoxy groups -OCH3 is 1. The molecule has 1 N–H and O–H groups in total. The number of hydrogen-bond donors (Lipinski definition) is 1. The van der Waals surface area contributed by atoms with Gasteiger partial charge in [-0.15, -0.1) is 0 Å². The Labute approximate surface area is 195 Å². The van der Waals surface area contributed by atoms with E-state index in [2.05, 4.69) is 21.2 Å². The number of rotatable bonds is 9. The van der Waals surface area contributed by atoms with Crippen molar-refractivity contribution >= 4 is 39.6 Å². The summed E-state index contributed by atoms with van der Waals surface area (Å²) in [7, 11) is 1.32. The molecule has 3 amide bonds. The van der Waals surface area contributed by atoms with Crippen LogP contribution in [-0.2, 0) is 27.2 Å². The van der Waals surface area contributed by atoms with E-state index in [4.69, 9.17) is 4.74 Å². The molecule has 1 aliphatic heterocycles. The predicted octanol–water partition coefficient (Wildman–Crippen LogP) is 3.68. The largest absolute Gasteiger partial charge is 0.465 e. The Hall–Kier alpha value is -3.00. The number of amides is 3. The van der Waals surface area contributed by atoms with Gasteiger partial charge in [0, 0.05) is 10.9 Å². The number of hydrogen-bond acceptors (Lipinski definition) is 5. The molecule has 0 spiro atoms. The van der Waals surface area contributed by atoms with Gasteiger partial charge in [0.1, 0.15) is 5.54 Å². The van der Waals surface area contributed by atoms with Gasteiger partial charge >= 0.3 is 12.0 Å². The van der Waals surface area contributed by atoms with E-state index in [-0.39, 0.29) is 18.7 Å². The molecule has 1 aliphatic rings. The lowest BCUT2D eigenvalue weighted by Crippen LogP contribution is -2.47. The van der Waals surface area contributed by atoms with E-state index in [0.717, 1.165) is 20.5 Å². The molecule has 2 aromatic rings. The number of ketones is 1. The molecule has 0 saturated carbocycles. The van der Waals surface area contributed by atoms with Gasteiger partial charge in [-0.1, -0.05) is 53.2 Å². The minimum Gasteiger partial charge on any atom is -0.465 e. The highest BCUT2D eigenvalue weighted by Gasteiger charge is 2.50. The molecule has 2 aromatic carbocycles. The van der Waals surface area contributed by atoms with Crippen LogP contribution in [0.15, 0.2) is 53.0 Å².